The fourth-order valence-electron chi connectivity index (χ4n) is 1.91. The molecule has 1 N–H and O–H groups in total. The third kappa shape index (κ3) is 5.07. The van der Waals surface area contributed by atoms with Gasteiger partial charge in [0.1, 0.15) is 17.2 Å². The van der Waals surface area contributed by atoms with E-state index in [-0.39, 0.29) is 12.5 Å². The monoisotopic (exact) mass is 335 g/mol. The summed E-state index contributed by atoms with van der Waals surface area (Å²) in [5, 5.41) is 3.14. The van der Waals surface area contributed by atoms with Gasteiger partial charge < -0.3 is 19.5 Å². The number of carbonyl (C=O) groups excluding carboxylic acids is 1. The molecule has 0 radical (unpaired) electrons. The van der Waals surface area contributed by atoms with Crippen LogP contribution >= 0.6 is 11.6 Å². The number of rotatable bonds is 7. The van der Waals surface area contributed by atoms with Gasteiger partial charge in [-0.3, -0.25) is 4.79 Å². The standard InChI is InChI=1S/C17H18ClNO4/c1-3-22-13-5-4-6-14(10-13)23-11-17(20)19-12-7-8-16(21-2)15(18)9-12/h4-10H,3,11H2,1-2H3,(H,19,20). The number of nitrogens with one attached hydrogen (secondary N) is 1. The quantitative estimate of drug-likeness (QED) is 0.837. The predicted octanol–water partition coefficient (Wildman–Crippen LogP) is 3.76. The highest BCUT2D eigenvalue weighted by molar-refractivity contribution is 6.32. The molecule has 0 aliphatic carbocycles. The molecule has 0 bridgehead atoms. The first-order valence-corrected chi connectivity index (χ1v) is 7.49. The molecule has 0 aliphatic heterocycles. The van der Waals surface area contributed by atoms with E-state index in [0.717, 1.165) is 0 Å². The predicted molar refractivity (Wildman–Crippen MR) is 89.7 cm³/mol. The largest absolute Gasteiger partial charge is 0.495 e. The Bertz CT molecular complexity index is 675. The van der Waals surface area contributed by atoms with Crippen molar-refractivity contribution in [1.29, 1.82) is 0 Å². The van der Waals surface area contributed by atoms with E-state index in [4.69, 9.17) is 25.8 Å². The fourth-order valence-corrected chi connectivity index (χ4v) is 2.17. The van der Waals surface area contributed by atoms with Crippen LogP contribution in [0.25, 0.3) is 0 Å². The summed E-state index contributed by atoms with van der Waals surface area (Å²) >= 11 is 6.01. The molecule has 0 aromatic heterocycles. The lowest BCUT2D eigenvalue weighted by molar-refractivity contribution is -0.118. The molecule has 6 heteroatoms. The molecule has 0 saturated carbocycles. The molecule has 1 amide bonds. The van der Waals surface area contributed by atoms with Crippen LogP contribution in [0.15, 0.2) is 42.5 Å². The number of benzene rings is 2. The lowest BCUT2D eigenvalue weighted by Crippen LogP contribution is -2.20. The molecule has 122 valence electrons. The van der Waals surface area contributed by atoms with E-state index in [2.05, 4.69) is 5.32 Å². The minimum absolute atomic E-state index is 0.112. The average Bonchev–Trinajstić information content (AvgIpc) is 2.54. The second-order valence-corrected chi connectivity index (χ2v) is 5.00. The molecule has 0 fully saturated rings. The van der Waals surface area contributed by atoms with Crippen LogP contribution in [-0.4, -0.2) is 26.2 Å². The summed E-state index contributed by atoms with van der Waals surface area (Å²) in [6, 6.07) is 12.1. The first-order valence-electron chi connectivity index (χ1n) is 7.11. The number of ether oxygens (including phenoxy) is 3. The molecule has 0 heterocycles. The SMILES string of the molecule is CCOc1cccc(OCC(=O)Nc2ccc(OC)c(Cl)c2)c1. The number of amides is 1. The molecule has 2 rings (SSSR count). The minimum atomic E-state index is -0.284. The maximum atomic E-state index is 11.9. The summed E-state index contributed by atoms with van der Waals surface area (Å²) in [5.74, 6) is 1.54. The van der Waals surface area contributed by atoms with Gasteiger partial charge in [0.2, 0.25) is 0 Å². The first kappa shape index (κ1) is 17.0. The van der Waals surface area contributed by atoms with E-state index in [1.807, 2.05) is 19.1 Å². The normalized spacial score (nSPS) is 10.0. The molecule has 0 spiro atoms. The Balaban J connectivity index is 1.90. The zero-order valence-corrected chi connectivity index (χ0v) is 13.7. The Morgan fingerprint density at radius 2 is 1.87 bits per heavy atom. The van der Waals surface area contributed by atoms with Gasteiger partial charge in [-0.05, 0) is 37.3 Å². The number of carbonyl (C=O) groups is 1. The van der Waals surface area contributed by atoms with Crippen LogP contribution in [0.1, 0.15) is 6.92 Å². The van der Waals surface area contributed by atoms with Crippen molar-refractivity contribution in [3.63, 3.8) is 0 Å². The van der Waals surface area contributed by atoms with Crippen molar-refractivity contribution >= 4 is 23.2 Å². The Labute approximate surface area is 140 Å². The van der Waals surface area contributed by atoms with Crippen LogP contribution in [0.4, 0.5) is 5.69 Å². The highest BCUT2D eigenvalue weighted by Crippen LogP contribution is 2.27. The van der Waals surface area contributed by atoms with Crippen LogP contribution in [0.5, 0.6) is 17.2 Å². The van der Waals surface area contributed by atoms with Crippen molar-refractivity contribution in [3.05, 3.63) is 47.5 Å². The number of hydrogen-bond donors (Lipinski definition) is 1. The third-order valence-electron chi connectivity index (χ3n) is 2.92. The lowest BCUT2D eigenvalue weighted by Gasteiger charge is -2.10. The number of hydrogen-bond acceptors (Lipinski definition) is 4. The number of halogens is 1. The topological polar surface area (TPSA) is 56.8 Å². The molecular weight excluding hydrogens is 318 g/mol. The highest BCUT2D eigenvalue weighted by Gasteiger charge is 2.07. The van der Waals surface area contributed by atoms with E-state index in [1.165, 1.54) is 7.11 Å². The molecule has 2 aromatic carbocycles. The van der Waals surface area contributed by atoms with Crippen molar-refractivity contribution in [1.82, 2.24) is 0 Å². The summed E-state index contributed by atoms with van der Waals surface area (Å²) in [6.07, 6.45) is 0. The third-order valence-corrected chi connectivity index (χ3v) is 3.22. The van der Waals surface area contributed by atoms with Gasteiger partial charge in [-0.1, -0.05) is 17.7 Å². The van der Waals surface area contributed by atoms with Gasteiger partial charge in [-0.2, -0.15) is 0 Å². The van der Waals surface area contributed by atoms with Crippen molar-refractivity contribution in [3.8, 4) is 17.2 Å². The molecule has 0 unspecified atom stereocenters. The van der Waals surface area contributed by atoms with Gasteiger partial charge in [0.05, 0.1) is 18.7 Å². The average molecular weight is 336 g/mol. The molecule has 0 atom stereocenters. The smallest absolute Gasteiger partial charge is 0.262 e. The first-order chi connectivity index (χ1) is 11.1. The molecule has 5 nitrogen and oxygen atoms in total. The molecule has 0 aliphatic rings. The van der Waals surface area contributed by atoms with Gasteiger partial charge >= 0.3 is 0 Å². The van der Waals surface area contributed by atoms with Crippen LogP contribution in [0, 0.1) is 0 Å². The summed E-state index contributed by atoms with van der Waals surface area (Å²) in [4.78, 5) is 11.9. The van der Waals surface area contributed by atoms with Crippen LogP contribution < -0.4 is 19.5 Å². The highest BCUT2D eigenvalue weighted by atomic mass is 35.5. The maximum Gasteiger partial charge on any atom is 0.262 e. The van der Waals surface area contributed by atoms with E-state index < -0.39 is 0 Å². The Kier molecular flexibility index (Phi) is 6.11. The summed E-state index contributed by atoms with van der Waals surface area (Å²) in [7, 11) is 1.53. The zero-order valence-electron chi connectivity index (χ0n) is 13.0. The van der Waals surface area contributed by atoms with Gasteiger partial charge in [-0.25, -0.2) is 0 Å². The van der Waals surface area contributed by atoms with Gasteiger partial charge in [-0.15, -0.1) is 0 Å². The Hall–Kier alpha value is -2.40. The van der Waals surface area contributed by atoms with Crippen molar-refractivity contribution in [2.75, 3.05) is 25.6 Å². The number of anilines is 1. The van der Waals surface area contributed by atoms with Crippen LogP contribution in [-0.2, 0) is 4.79 Å². The van der Waals surface area contributed by atoms with Gasteiger partial charge in [0.15, 0.2) is 6.61 Å². The van der Waals surface area contributed by atoms with E-state index >= 15 is 0 Å². The summed E-state index contributed by atoms with van der Waals surface area (Å²) < 4.78 is 15.9. The molecule has 0 saturated heterocycles. The van der Waals surface area contributed by atoms with E-state index in [9.17, 15) is 4.79 Å². The maximum absolute atomic E-state index is 11.9. The summed E-state index contributed by atoms with van der Waals surface area (Å²) in [5.41, 5.74) is 0.576. The fraction of sp³-hybridized carbons (Fsp3) is 0.235. The second kappa shape index (κ2) is 8.29. The minimum Gasteiger partial charge on any atom is -0.495 e. The Morgan fingerprint density at radius 1 is 1.13 bits per heavy atom. The lowest BCUT2D eigenvalue weighted by atomic mass is 10.3. The Morgan fingerprint density at radius 3 is 2.52 bits per heavy atom. The van der Waals surface area contributed by atoms with Gasteiger partial charge in [0, 0.05) is 11.8 Å². The van der Waals surface area contributed by atoms with Crippen molar-refractivity contribution in [2.45, 2.75) is 6.92 Å². The van der Waals surface area contributed by atoms with Crippen molar-refractivity contribution in [2.24, 2.45) is 0 Å². The molecule has 23 heavy (non-hydrogen) atoms. The van der Waals surface area contributed by atoms with E-state index in [0.29, 0.717) is 34.6 Å². The second-order valence-electron chi connectivity index (χ2n) is 4.59. The summed E-state index contributed by atoms with van der Waals surface area (Å²) in [6.45, 7) is 2.36. The van der Waals surface area contributed by atoms with Crippen molar-refractivity contribution < 1.29 is 19.0 Å². The molecule has 2 aromatic rings. The zero-order chi connectivity index (χ0) is 16.7. The number of methoxy groups -OCH3 is 1. The van der Waals surface area contributed by atoms with Crippen LogP contribution in [0.3, 0.4) is 0 Å². The van der Waals surface area contributed by atoms with E-state index in [1.54, 1.807) is 30.3 Å². The van der Waals surface area contributed by atoms with Gasteiger partial charge in [0.25, 0.3) is 5.91 Å². The van der Waals surface area contributed by atoms with Crippen LogP contribution in [0.2, 0.25) is 5.02 Å². The molecular formula is C17H18ClNO4.